The van der Waals surface area contributed by atoms with Crippen molar-refractivity contribution < 1.29 is 10.0 Å². The van der Waals surface area contributed by atoms with E-state index in [1.807, 2.05) is 12.1 Å². The smallest absolute Gasteiger partial charge is 0.423 e. The highest BCUT2D eigenvalue weighted by molar-refractivity contribution is 6.58. The van der Waals surface area contributed by atoms with E-state index >= 15 is 0 Å². The molecule has 46 heavy (non-hydrogen) atoms. The average molecular weight is 591 g/mol. The third-order valence-electron chi connectivity index (χ3n) is 10.2. The minimum Gasteiger partial charge on any atom is -0.423 e. The summed E-state index contributed by atoms with van der Waals surface area (Å²) in [5.41, 5.74) is 9.78. The molecule has 1 aliphatic rings. The Balaban J connectivity index is 1.44. The van der Waals surface area contributed by atoms with E-state index in [9.17, 15) is 10.0 Å². The minimum absolute atomic E-state index is 0.320. The van der Waals surface area contributed by atoms with Gasteiger partial charge in [0.2, 0.25) is 0 Å². The van der Waals surface area contributed by atoms with Crippen LogP contribution in [0.15, 0.2) is 140 Å². The summed E-state index contributed by atoms with van der Waals surface area (Å²) >= 11 is 0. The summed E-state index contributed by atoms with van der Waals surface area (Å²) in [5, 5.41) is 29.9. The van der Waals surface area contributed by atoms with E-state index in [-0.39, 0.29) is 5.41 Å². The van der Waals surface area contributed by atoms with Crippen molar-refractivity contribution in [3.63, 3.8) is 0 Å². The molecular formula is C43H31BO2. The lowest BCUT2D eigenvalue weighted by molar-refractivity contribution is 0.425. The molecule has 3 heteroatoms. The van der Waals surface area contributed by atoms with Gasteiger partial charge >= 0.3 is 7.12 Å². The zero-order valence-corrected chi connectivity index (χ0v) is 25.8. The van der Waals surface area contributed by atoms with Crippen molar-refractivity contribution in [2.75, 3.05) is 0 Å². The van der Waals surface area contributed by atoms with E-state index < -0.39 is 7.12 Å². The summed E-state index contributed by atoms with van der Waals surface area (Å²) < 4.78 is 0. The molecule has 2 N–H and O–H groups in total. The number of rotatable bonds is 3. The van der Waals surface area contributed by atoms with Gasteiger partial charge in [-0.05, 0) is 117 Å². The van der Waals surface area contributed by atoms with E-state index in [1.165, 1.54) is 76.5 Å². The van der Waals surface area contributed by atoms with Crippen LogP contribution in [-0.4, -0.2) is 17.2 Å². The zero-order chi connectivity index (χ0) is 31.2. The molecule has 0 aliphatic heterocycles. The molecule has 0 aromatic heterocycles. The van der Waals surface area contributed by atoms with E-state index in [1.54, 1.807) is 0 Å². The molecule has 0 saturated heterocycles. The molecule has 0 bridgehead atoms. The first-order valence-corrected chi connectivity index (χ1v) is 15.9. The van der Waals surface area contributed by atoms with E-state index in [2.05, 4.69) is 141 Å². The lowest BCUT2D eigenvalue weighted by Crippen LogP contribution is -2.31. The number of hydrogen-bond donors (Lipinski definition) is 2. The van der Waals surface area contributed by atoms with Crippen molar-refractivity contribution in [1.29, 1.82) is 0 Å². The molecule has 1 aliphatic carbocycles. The highest BCUT2D eigenvalue weighted by atomic mass is 16.4. The maximum absolute atomic E-state index is 10.0. The van der Waals surface area contributed by atoms with Crippen LogP contribution in [0.25, 0.3) is 76.5 Å². The van der Waals surface area contributed by atoms with Crippen LogP contribution >= 0.6 is 0 Å². The van der Waals surface area contributed by atoms with E-state index in [0.717, 1.165) is 11.1 Å². The Bertz CT molecular complexity index is 2540. The zero-order valence-electron chi connectivity index (χ0n) is 25.8. The SMILES string of the molecule is CC1(C)c2cc(B(O)O)ccc2-c2cc3c(-c4ccc5ccccc5c4)c4ccccc4c(-c4ccc5ccccc5c4)c3cc21. The second kappa shape index (κ2) is 9.89. The van der Waals surface area contributed by atoms with Crippen molar-refractivity contribution >= 4 is 55.7 Å². The fourth-order valence-corrected chi connectivity index (χ4v) is 7.89. The van der Waals surface area contributed by atoms with Gasteiger partial charge in [0.25, 0.3) is 0 Å². The summed E-state index contributed by atoms with van der Waals surface area (Å²) in [4.78, 5) is 0. The van der Waals surface area contributed by atoms with Gasteiger partial charge in [-0.3, -0.25) is 0 Å². The van der Waals surface area contributed by atoms with Gasteiger partial charge in [-0.2, -0.15) is 0 Å². The monoisotopic (exact) mass is 590 g/mol. The summed E-state index contributed by atoms with van der Waals surface area (Å²) in [6.45, 7) is 4.50. The average Bonchev–Trinajstić information content (AvgIpc) is 3.30. The maximum Gasteiger partial charge on any atom is 0.488 e. The largest absolute Gasteiger partial charge is 0.488 e. The molecule has 0 saturated carbocycles. The minimum atomic E-state index is -1.51. The summed E-state index contributed by atoms with van der Waals surface area (Å²) in [7, 11) is -1.51. The molecule has 0 atom stereocenters. The quantitative estimate of drug-likeness (QED) is 0.159. The normalized spacial score (nSPS) is 13.4. The third kappa shape index (κ3) is 3.92. The summed E-state index contributed by atoms with van der Waals surface area (Å²) in [6.07, 6.45) is 0. The van der Waals surface area contributed by atoms with E-state index in [4.69, 9.17) is 0 Å². The molecule has 0 fully saturated rings. The van der Waals surface area contributed by atoms with Gasteiger partial charge in [0.15, 0.2) is 0 Å². The van der Waals surface area contributed by atoms with Gasteiger partial charge in [-0.1, -0.05) is 129 Å². The van der Waals surface area contributed by atoms with Crippen LogP contribution in [-0.2, 0) is 5.41 Å². The van der Waals surface area contributed by atoms with Crippen LogP contribution < -0.4 is 5.46 Å². The topological polar surface area (TPSA) is 40.5 Å². The molecule has 0 heterocycles. The van der Waals surface area contributed by atoms with Crippen LogP contribution in [0.4, 0.5) is 0 Å². The molecule has 2 nitrogen and oxygen atoms in total. The Morgan fingerprint density at radius 3 is 1.50 bits per heavy atom. The standard InChI is InChI=1S/C43H31BO2/c1-43(2)39-23-32(44(45)46)19-20-33(39)36-24-37-38(25-40(36)43)42(31-18-16-27-10-4-6-12-29(27)22-31)35-14-8-7-13-34(35)41(37)30-17-15-26-9-3-5-11-28(26)21-30/h3-25,45-46H,1-2H3. The molecule has 9 rings (SSSR count). The van der Waals surface area contributed by atoms with Gasteiger partial charge in [0, 0.05) is 5.41 Å². The third-order valence-corrected chi connectivity index (χ3v) is 10.2. The molecule has 0 unspecified atom stereocenters. The van der Waals surface area contributed by atoms with Crippen LogP contribution in [0.2, 0.25) is 0 Å². The second-order valence-electron chi connectivity index (χ2n) is 13.2. The second-order valence-corrected chi connectivity index (χ2v) is 13.2. The molecule has 8 aromatic rings. The van der Waals surface area contributed by atoms with Gasteiger partial charge < -0.3 is 10.0 Å². The lowest BCUT2D eigenvalue weighted by Gasteiger charge is -2.24. The maximum atomic E-state index is 10.0. The Labute approximate surface area is 268 Å². The van der Waals surface area contributed by atoms with Crippen molar-refractivity contribution in [3.8, 4) is 33.4 Å². The first-order chi connectivity index (χ1) is 22.4. The van der Waals surface area contributed by atoms with Crippen molar-refractivity contribution in [3.05, 3.63) is 151 Å². The Kier molecular flexibility index (Phi) is 5.83. The van der Waals surface area contributed by atoms with Gasteiger partial charge in [-0.25, -0.2) is 0 Å². The summed E-state index contributed by atoms with van der Waals surface area (Å²) in [5.74, 6) is 0. The predicted octanol–water partition coefficient (Wildman–Crippen LogP) is 9.62. The first-order valence-electron chi connectivity index (χ1n) is 15.9. The molecule has 8 aromatic carbocycles. The number of benzene rings is 8. The van der Waals surface area contributed by atoms with Crippen molar-refractivity contribution in [2.24, 2.45) is 0 Å². The fourth-order valence-electron chi connectivity index (χ4n) is 7.89. The van der Waals surface area contributed by atoms with Crippen molar-refractivity contribution in [1.82, 2.24) is 0 Å². The van der Waals surface area contributed by atoms with Crippen molar-refractivity contribution in [2.45, 2.75) is 19.3 Å². The van der Waals surface area contributed by atoms with Gasteiger partial charge in [0.05, 0.1) is 0 Å². The summed E-state index contributed by atoms with van der Waals surface area (Å²) in [6, 6.07) is 50.3. The number of hydrogen-bond acceptors (Lipinski definition) is 2. The van der Waals surface area contributed by atoms with Crippen LogP contribution in [0, 0.1) is 0 Å². The fraction of sp³-hybridized carbons (Fsp3) is 0.0698. The highest BCUT2D eigenvalue weighted by Crippen LogP contribution is 2.53. The van der Waals surface area contributed by atoms with Gasteiger partial charge in [-0.15, -0.1) is 0 Å². The highest BCUT2D eigenvalue weighted by Gasteiger charge is 2.37. The van der Waals surface area contributed by atoms with Gasteiger partial charge in [0.1, 0.15) is 0 Å². The Morgan fingerprint density at radius 2 is 0.935 bits per heavy atom. The van der Waals surface area contributed by atoms with Crippen LogP contribution in [0.3, 0.4) is 0 Å². The van der Waals surface area contributed by atoms with Crippen LogP contribution in [0.5, 0.6) is 0 Å². The Hall–Kier alpha value is -5.22. The van der Waals surface area contributed by atoms with E-state index in [0.29, 0.717) is 5.46 Å². The number of fused-ring (bicyclic) bond motifs is 7. The Morgan fingerprint density at radius 1 is 0.435 bits per heavy atom. The molecule has 218 valence electrons. The lowest BCUT2D eigenvalue weighted by atomic mass is 9.75. The molecule has 0 amide bonds. The first kappa shape index (κ1) is 27.1. The molecule has 0 radical (unpaired) electrons. The van der Waals surface area contributed by atoms with Crippen LogP contribution in [0.1, 0.15) is 25.0 Å². The molecule has 0 spiro atoms. The predicted molar refractivity (Wildman–Crippen MR) is 195 cm³/mol. The molecular weight excluding hydrogens is 559 g/mol.